The minimum absolute atomic E-state index is 0.0580. The fourth-order valence-electron chi connectivity index (χ4n) is 4.25. The number of rotatable bonds is 4. The lowest BCUT2D eigenvalue weighted by atomic mass is 10.1. The maximum atomic E-state index is 13.0. The Morgan fingerprint density at radius 2 is 1.81 bits per heavy atom. The van der Waals surface area contributed by atoms with Crippen molar-refractivity contribution in [1.82, 2.24) is 19.2 Å². The molecule has 5 nitrogen and oxygen atoms in total. The third-order valence-corrected chi connectivity index (χ3v) is 6.18. The maximum Gasteiger partial charge on any atom is 0.227 e. The number of nitrogens with zero attached hydrogens (tertiary/aromatic N) is 4. The lowest BCUT2D eigenvalue weighted by molar-refractivity contribution is -0.131. The Morgan fingerprint density at radius 3 is 2.55 bits per heavy atom. The van der Waals surface area contributed by atoms with Gasteiger partial charge in [0, 0.05) is 23.0 Å². The average molecular weight is 431 g/mol. The summed E-state index contributed by atoms with van der Waals surface area (Å²) in [5.74, 6) is 1.04. The fraction of sp³-hybridized carbons (Fsp3) is 0.200. The minimum Gasteiger partial charge on any atom is -0.332 e. The van der Waals surface area contributed by atoms with Crippen molar-refractivity contribution in [2.45, 2.75) is 33.4 Å². The van der Waals surface area contributed by atoms with Gasteiger partial charge in [-0.3, -0.25) is 4.79 Å². The monoisotopic (exact) mass is 430 g/mol. The molecule has 0 fully saturated rings. The largest absolute Gasteiger partial charge is 0.332 e. The van der Waals surface area contributed by atoms with Gasteiger partial charge >= 0.3 is 0 Å². The molecule has 0 N–H and O–H groups in total. The van der Waals surface area contributed by atoms with Crippen LogP contribution in [0.1, 0.15) is 27.9 Å². The van der Waals surface area contributed by atoms with Crippen LogP contribution < -0.4 is 0 Å². The van der Waals surface area contributed by atoms with Gasteiger partial charge in [-0.25, -0.2) is 4.68 Å². The summed E-state index contributed by atoms with van der Waals surface area (Å²) in [5.41, 5.74) is 6.32. The summed E-state index contributed by atoms with van der Waals surface area (Å²) in [4.78, 5) is 14.9. The van der Waals surface area contributed by atoms with Gasteiger partial charge in [-0.1, -0.05) is 47.5 Å². The van der Waals surface area contributed by atoms with E-state index in [1.54, 1.807) is 0 Å². The SMILES string of the molecule is Cc1ccc(-n2nc3c(c2-n2cccc2)CN(C(=O)Cc2ccccc2Cl)C3)c(C)c1. The summed E-state index contributed by atoms with van der Waals surface area (Å²) in [6, 6.07) is 17.9. The van der Waals surface area contributed by atoms with Crippen LogP contribution in [0.25, 0.3) is 11.5 Å². The van der Waals surface area contributed by atoms with Crippen LogP contribution in [0.4, 0.5) is 0 Å². The second kappa shape index (κ2) is 7.75. The van der Waals surface area contributed by atoms with E-state index in [0.29, 0.717) is 24.5 Å². The van der Waals surface area contributed by atoms with E-state index >= 15 is 0 Å². The van der Waals surface area contributed by atoms with Crippen molar-refractivity contribution in [3.63, 3.8) is 0 Å². The van der Waals surface area contributed by atoms with Gasteiger partial charge in [0.15, 0.2) is 0 Å². The van der Waals surface area contributed by atoms with Gasteiger partial charge in [-0.2, -0.15) is 5.10 Å². The molecule has 1 aliphatic heterocycles. The first-order valence-electron chi connectivity index (χ1n) is 10.3. The Bertz CT molecular complexity index is 1270. The number of carbonyl (C=O) groups excluding carboxylic acids is 1. The molecule has 1 amide bonds. The summed E-state index contributed by atoms with van der Waals surface area (Å²) in [6.45, 7) is 5.24. The highest BCUT2D eigenvalue weighted by Crippen LogP contribution is 2.32. The minimum atomic E-state index is 0.0580. The molecule has 2 aromatic heterocycles. The Balaban J connectivity index is 1.50. The van der Waals surface area contributed by atoms with Crippen molar-refractivity contribution < 1.29 is 4.79 Å². The van der Waals surface area contributed by atoms with Crippen LogP contribution in [0.5, 0.6) is 0 Å². The van der Waals surface area contributed by atoms with Crippen molar-refractivity contribution in [3.8, 4) is 11.5 Å². The second-order valence-electron chi connectivity index (χ2n) is 8.06. The molecule has 0 spiro atoms. The number of amides is 1. The summed E-state index contributed by atoms with van der Waals surface area (Å²) in [7, 11) is 0. The Labute approximate surface area is 186 Å². The molecule has 5 rings (SSSR count). The van der Waals surface area contributed by atoms with E-state index in [2.05, 4.69) is 36.6 Å². The molecule has 0 atom stereocenters. The first-order chi connectivity index (χ1) is 15.0. The Morgan fingerprint density at radius 1 is 1.03 bits per heavy atom. The second-order valence-corrected chi connectivity index (χ2v) is 8.47. The molecule has 1 aliphatic rings. The molecule has 4 aromatic rings. The van der Waals surface area contributed by atoms with E-state index < -0.39 is 0 Å². The maximum absolute atomic E-state index is 13.0. The quantitative estimate of drug-likeness (QED) is 0.456. The van der Waals surface area contributed by atoms with Gasteiger partial charge < -0.3 is 9.47 Å². The Hall–Kier alpha value is -3.31. The standard InChI is InChI=1S/C25H23ClN4O/c1-17-9-10-23(18(2)13-17)30-25(28-11-5-6-12-28)20-15-29(16-22(20)27-30)24(31)14-19-7-3-4-8-21(19)26/h3-13H,14-16H2,1-2H3. The highest BCUT2D eigenvalue weighted by Gasteiger charge is 2.31. The molecule has 156 valence electrons. The zero-order valence-corrected chi connectivity index (χ0v) is 18.3. The lowest BCUT2D eigenvalue weighted by Crippen LogP contribution is -2.28. The molecule has 0 saturated heterocycles. The highest BCUT2D eigenvalue weighted by atomic mass is 35.5. The predicted octanol–water partition coefficient (Wildman–Crippen LogP) is 5.02. The fourth-order valence-corrected chi connectivity index (χ4v) is 4.45. The first kappa shape index (κ1) is 19.6. The van der Waals surface area contributed by atoms with Crippen LogP contribution in [0.2, 0.25) is 5.02 Å². The number of aryl methyl sites for hydroxylation is 2. The molecule has 3 heterocycles. The van der Waals surface area contributed by atoms with Gasteiger partial charge in [0.25, 0.3) is 0 Å². The topological polar surface area (TPSA) is 43.1 Å². The highest BCUT2D eigenvalue weighted by molar-refractivity contribution is 6.31. The van der Waals surface area contributed by atoms with Crippen LogP contribution in [0.15, 0.2) is 67.0 Å². The molecule has 0 aliphatic carbocycles. The molecule has 31 heavy (non-hydrogen) atoms. The summed E-state index contributed by atoms with van der Waals surface area (Å²) >= 11 is 6.26. The van der Waals surface area contributed by atoms with Crippen LogP contribution in [-0.2, 0) is 24.3 Å². The average Bonchev–Trinajstić information content (AvgIpc) is 3.45. The van der Waals surface area contributed by atoms with Crippen LogP contribution >= 0.6 is 11.6 Å². The van der Waals surface area contributed by atoms with Crippen molar-refractivity contribution in [2.24, 2.45) is 0 Å². The molecule has 0 bridgehead atoms. The molecule has 0 radical (unpaired) electrons. The zero-order valence-electron chi connectivity index (χ0n) is 17.5. The number of hydrogen-bond acceptors (Lipinski definition) is 2. The number of fused-ring (bicyclic) bond motifs is 1. The third-order valence-electron chi connectivity index (χ3n) is 5.81. The Kier molecular flexibility index (Phi) is 4.91. The van der Waals surface area contributed by atoms with E-state index in [0.717, 1.165) is 28.3 Å². The van der Waals surface area contributed by atoms with Crippen LogP contribution in [-0.4, -0.2) is 25.2 Å². The summed E-state index contributed by atoms with van der Waals surface area (Å²) in [5, 5.41) is 5.57. The summed E-state index contributed by atoms with van der Waals surface area (Å²) in [6.07, 6.45) is 4.33. The van der Waals surface area contributed by atoms with E-state index in [9.17, 15) is 4.79 Å². The molecule has 0 saturated carbocycles. The van der Waals surface area contributed by atoms with Crippen molar-refractivity contribution in [1.29, 1.82) is 0 Å². The number of carbonyl (C=O) groups is 1. The van der Waals surface area contributed by atoms with Gasteiger partial charge in [-0.15, -0.1) is 0 Å². The van der Waals surface area contributed by atoms with Crippen LogP contribution in [0, 0.1) is 13.8 Å². The van der Waals surface area contributed by atoms with Crippen LogP contribution in [0.3, 0.4) is 0 Å². The van der Waals surface area contributed by atoms with E-state index in [4.69, 9.17) is 16.7 Å². The van der Waals surface area contributed by atoms with Crippen molar-refractivity contribution in [2.75, 3.05) is 0 Å². The lowest BCUT2D eigenvalue weighted by Gasteiger charge is -2.18. The van der Waals surface area contributed by atoms with Gasteiger partial charge in [0.2, 0.25) is 5.91 Å². The van der Waals surface area contributed by atoms with Gasteiger partial charge in [0.1, 0.15) is 5.82 Å². The molecule has 2 aromatic carbocycles. The van der Waals surface area contributed by atoms with E-state index in [-0.39, 0.29) is 5.91 Å². The zero-order chi connectivity index (χ0) is 21.5. The van der Waals surface area contributed by atoms with E-state index in [1.165, 1.54) is 11.1 Å². The third kappa shape index (κ3) is 3.55. The molecule has 6 heteroatoms. The predicted molar refractivity (Wildman–Crippen MR) is 122 cm³/mol. The molecular formula is C25H23ClN4O. The normalized spacial score (nSPS) is 12.9. The van der Waals surface area contributed by atoms with Crippen molar-refractivity contribution in [3.05, 3.63) is 100.0 Å². The smallest absolute Gasteiger partial charge is 0.227 e. The number of aromatic nitrogens is 3. The number of halogens is 1. The molecule has 0 unspecified atom stereocenters. The number of benzene rings is 2. The van der Waals surface area contributed by atoms with Crippen molar-refractivity contribution >= 4 is 17.5 Å². The van der Waals surface area contributed by atoms with E-state index in [1.807, 2.05) is 58.4 Å². The van der Waals surface area contributed by atoms with Gasteiger partial charge in [0.05, 0.1) is 30.9 Å². The first-order valence-corrected chi connectivity index (χ1v) is 10.7. The number of hydrogen-bond donors (Lipinski definition) is 0. The van der Waals surface area contributed by atoms with Gasteiger partial charge in [-0.05, 0) is 49.2 Å². The molecular weight excluding hydrogens is 408 g/mol. The summed E-state index contributed by atoms with van der Waals surface area (Å²) < 4.78 is 4.09.